The van der Waals surface area contributed by atoms with E-state index in [4.69, 9.17) is 9.16 Å². The predicted molar refractivity (Wildman–Crippen MR) is 162 cm³/mol. The van der Waals surface area contributed by atoms with Gasteiger partial charge in [-0.15, -0.1) is 0 Å². The first kappa shape index (κ1) is 31.1. The van der Waals surface area contributed by atoms with Gasteiger partial charge < -0.3 is 14.5 Å². The van der Waals surface area contributed by atoms with E-state index in [1.165, 1.54) is 4.90 Å². The number of carbonyl (C=O) groups excluding carboxylic acids is 3. The number of amides is 3. The molecule has 2 saturated heterocycles. The minimum Gasteiger partial charge on any atom is -0.413 e. The van der Waals surface area contributed by atoms with Crippen molar-refractivity contribution >= 4 is 26.0 Å². The molecule has 2 aromatic carbocycles. The lowest BCUT2D eigenvalue weighted by molar-refractivity contribution is -0.166. The summed E-state index contributed by atoms with van der Waals surface area (Å²) in [6.07, 6.45) is 0.342. The molecule has 0 spiro atoms. The Balaban J connectivity index is 1.68. The van der Waals surface area contributed by atoms with Gasteiger partial charge in [-0.1, -0.05) is 88.4 Å². The van der Waals surface area contributed by atoms with Crippen LogP contribution in [0.3, 0.4) is 0 Å². The summed E-state index contributed by atoms with van der Waals surface area (Å²) in [5, 5.41) is 2.95. The van der Waals surface area contributed by atoms with Crippen LogP contribution in [0.2, 0.25) is 18.1 Å². The maximum absolute atomic E-state index is 14.4. The van der Waals surface area contributed by atoms with Crippen LogP contribution in [0.15, 0.2) is 60.7 Å². The summed E-state index contributed by atoms with van der Waals surface area (Å²) in [6.45, 7) is 18.0. The van der Waals surface area contributed by atoms with Crippen molar-refractivity contribution in [2.24, 2.45) is 11.8 Å². The van der Waals surface area contributed by atoms with Crippen LogP contribution in [-0.2, 0) is 36.4 Å². The van der Waals surface area contributed by atoms with E-state index in [0.717, 1.165) is 11.1 Å². The summed E-state index contributed by atoms with van der Waals surface area (Å²) in [4.78, 5) is 42.6. The van der Waals surface area contributed by atoms with Crippen molar-refractivity contribution in [1.82, 2.24) is 10.2 Å². The van der Waals surface area contributed by atoms with Gasteiger partial charge in [0.25, 0.3) is 5.91 Å². The van der Waals surface area contributed by atoms with Crippen LogP contribution in [-0.4, -0.2) is 54.4 Å². The standard InChI is InChI=1S/C33H46N2O5Si/c1-22(27-26(28(36)34-27)23(2)39-41(8,9)31(3,4)5)29(37)35-30(38)32(6,7)40-33(35,20-24-16-12-10-13-17-24)21-25-18-14-11-15-19-25/h10-19,22-23,26-27H,20-21H2,1-9H3,(H,34,36)/t22-,23?,26-,27-/m1/s1. The van der Waals surface area contributed by atoms with E-state index < -0.39 is 37.5 Å². The van der Waals surface area contributed by atoms with Gasteiger partial charge >= 0.3 is 0 Å². The third-order valence-electron chi connectivity index (χ3n) is 9.16. The Hall–Kier alpha value is -2.81. The highest BCUT2D eigenvalue weighted by atomic mass is 28.4. The zero-order chi connectivity index (χ0) is 30.4. The van der Waals surface area contributed by atoms with Gasteiger partial charge in [0.2, 0.25) is 11.8 Å². The Morgan fingerprint density at radius 1 is 0.976 bits per heavy atom. The maximum Gasteiger partial charge on any atom is 0.263 e. The highest BCUT2D eigenvalue weighted by molar-refractivity contribution is 6.74. The first-order valence-electron chi connectivity index (χ1n) is 14.6. The molecule has 2 aromatic rings. The topological polar surface area (TPSA) is 84.9 Å². The molecule has 1 unspecified atom stereocenters. The van der Waals surface area contributed by atoms with Gasteiger partial charge in [-0.3, -0.25) is 14.4 Å². The summed E-state index contributed by atoms with van der Waals surface area (Å²) in [6, 6.07) is 19.2. The molecule has 2 fully saturated rings. The molecular formula is C33H46N2O5Si. The van der Waals surface area contributed by atoms with Crippen molar-refractivity contribution in [2.75, 3.05) is 0 Å². The van der Waals surface area contributed by atoms with E-state index in [0.29, 0.717) is 12.8 Å². The fourth-order valence-corrected chi connectivity index (χ4v) is 7.30. The van der Waals surface area contributed by atoms with Gasteiger partial charge in [-0.05, 0) is 50.0 Å². The van der Waals surface area contributed by atoms with Crippen molar-refractivity contribution in [3.05, 3.63) is 71.8 Å². The third-order valence-corrected chi connectivity index (χ3v) is 13.7. The van der Waals surface area contributed by atoms with Crippen LogP contribution in [0.5, 0.6) is 0 Å². The number of carbonyl (C=O) groups is 3. The van der Waals surface area contributed by atoms with Crippen LogP contribution < -0.4 is 5.32 Å². The molecule has 3 amide bonds. The summed E-state index contributed by atoms with van der Waals surface area (Å²) >= 11 is 0. The molecule has 0 saturated carbocycles. The number of ether oxygens (including phenoxy) is 1. The van der Waals surface area contributed by atoms with E-state index >= 15 is 0 Å². The summed E-state index contributed by atoms with van der Waals surface area (Å²) in [7, 11) is -2.15. The summed E-state index contributed by atoms with van der Waals surface area (Å²) in [5.41, 5.74) is -0.489. The molecule has 0 aromatic heterocycles. The molecule has 41 heavy (non-hydrogen) atoms. The molecule has 2 aliphatic heterocycles. The van der Waals surface area contributed by atoms with Crippen molar-refractivity contribution in [3.8, 4) is 0 Å². The average Bonchev–Trinajstić information content (AvgIpc) is 3.05. The Bertz CT molecular complexity index is 1230. The second kappa shape index (κ2) is 11.1. The Morgan fingerprint density at radius 2 is 1.46 bits per heavy atom. The van der Waals surface area contributed by atoms with Crippen LogP contribution >= 0.6 is 0 Å². The number of β-lactam (4-membered cyclic amide) rings is 1. The molecular weight excluding hydrogens is 532 g/mol. The molecule has 2 aliphatic rings. The van der Waals surface area contributed by atoms with Gasteiger partial charge in [0.05, 0.1) is 24.0 Å². The largest absolute Gasteiger partial charge is 0.413 e. The molecule has 4 rings (SSSR count). The predicted octanol–water partition coefficient (Wildman–Crippen LogP) is 5.49. The number of hydrogen-bond donors (Lipinski definition) is 1. The van der Waals surface area contributed by atoms with Crippen LogP contribution in [0.1, 0.15) is 59.6 Å². The number of benzene rings is 2. The van der Waals surface area contributed by atoms with E-state index in [2.05, 4.69) is 39.2 Å². The lowest BCUT2D eigenvalue weighted by atomic mass is 9.78. The van der Waals surface area contributed by atoms with E-state index in [1.807, 2.05) is 67.6 Å². The molecule has 0 radical (unpaired) electrons. The zero-order valence-corrected chi connectivity index (χ0v) is 27.0. The number of nitrogens with one attached hydrogen (secondary N) is 1. The molecule has 1 N–H and O–H groups in total. The molecule has 0 bridgehead atoms. The van der Waals surface area contributed by atoms with Gasteiger partial charge in [-0.25, -0.2) is 4.90 Å². The number of rotatable bonds is 9. The fraction of sp³-hybridized carbons (Fsp3) is 0.545. The SMILES string of the molecule is CC(O[Si](C)(C)C(C)(C)C)[C@H]1C(=O)N[C@@H]1[C@@H](C)C(=O)N1C(=O)C(C)(C)OC1(Cc1ccccc1)Cc1ccccc1. The lowest BCUT2D eigenvalue weighted by Gasteiger charge is -2.47. The van der Waals surface area contributed by atoms with Gasteiger partial charge in [0, 0.05) is 12.8 Å². The smallest absolute Gasteiger partial charge is 0.263 e. The molecule has 0 aliphatic carbocycles. The second-order valence-electron chi connectivity index (χ2n) is 13.8. The van der Waals surface area contributed by atoms with Crippen molar-refractivity contribution in [3.63, 3.8) is 0 Å². The quantitative estimate of drug-likeness (QED) is 0.314. The van der Waals surface area contributed by atoms with Crippen molar-refractivity contribution in [1.29, 1.82) is 0 Å². The highest BCUT2D eigenvalue weighted by Crippen LogP contribution is 2.43. The van der Waals surface area contributed by atoms with Gasteiger partial charge in [0.15, 0.2) is 14.0 Å². The highest BCUT2D eigenvalue weighted by Gasteiger charge is 2.61. The van der Waals surface area contributed by atoms with Crippen LogP contribution in [0, 0.1) is 11.8 Å². The first-order valence-corrected chi connectivity index (χ1v) is 17.5. The second-order valence-corrected chi connectivity index (χ2v) is 18.6. The monoisotopic (exact) mass is 578 g/mol. The maximum atomic E-state index is 14.4. The van der Waals surface area contributed by atoms with E-state index in [9.17, 15) is 14.4 Å². The number of imide groups is 1. The molecule has 7 nitrogen and oxygen atoms in total. The Morgan fingerprint density at radius 3 is 1.90 bits per heavy atom. The Kier molecular flexibility index (Phi) is 8.44. The molecule has 2 heterocycles. The Labute approximate surface area is 246 Å². The molecule has 222 valence electrons. The molecule has 8 heteroatoms. The summed E-state index contributed by atoms with van der Waals surface area (Å²) < 4.78 is 13.2. The van der Waals surface area contributed by atoms with Gasteiger partial charge in [-0.2, -0.15) is 0 Å². The van der Waals surface area contributed by atoms with Crippen LogP contribution in [0.4, 0.5) is 0 Å². The average molecular weight is 579 g/mol. The van der Waals surface area contributed by atoms with E-state index in [-0.39, 0.29) is 28.9 Å². The number of hydrogen-bond acceptors (Lipinski definition) is 5. The lowest BCUT2D eigenvalue weighted by Crippen LogP contribution is -2.68. The molecule has 4 atom stereocenters. The van der Waals surface area contributed by atoms with Crippen molar-refractivity contribution < 1.29 is 23.5 Å². The minimum atomic E-state index is -2.15. The van der Waals surface area contributed by atoms with E-state index in [1.54, 1.807) is 20.8 Å². The third kappa shape index (κ3) is 6.06. The fourth-order valence-electron chi connectivity index (χ4n) is 5.87. The normalized spacial score (nSPS) is 23.5. The van der Waals surface area contributed by atoms with Gasteiger partial charge in [0.1, 0.15) is 5.60 Å². The summed E-state index contributed by atoms with van der Waals surface area (Å²) in [5.74, 6) is -1.97. The number of nitrogens with zero attached hydrogens (tertiary/aromatic N) is 1. The first-order chi connectivity index (χ1) is 19.0. The zero-order valence-electron chi connectivity index (χ0n) is 26.0. The van der Waals surface area contributed by atoms with Crippen LogP contribution in [0.25, 0.3) is 0 Å². The van der Waals surface area contributed by atoms with Crippen molar-refractivity contribution in [2.45, 2.75) is 103 Å². The minimum absolute atomic E-state index is 0.0161.